The zero-order valence-corrected chi connectivity index (χ0v) is 8.25. The molecule has 13 heavy (non-hydrogen) atoms. The average molecular weight is 182 g/mol. The third-order valence-electron chi connectivity index (χ3n) is 3.02. The summed E-state index contributed by atoms with van der Waals surface area (Å²) in [4.78, 5) is 13.7. The lowest BCUT2D eigenvalue weighted by molar-refractivity contribution is -0.131. The summed E-state index contributed by atoms with van der Waals surface area (Å²) in [5.74, 6) is 1.50. The summed E-state index contributed by atoms with van der Waals surface area (Å²) in [6.07, 6.45) is 3.44. The molecule has 1 saturated carbocycles. The van der Waals surface area contributed by atoms with E-state index in [0.717, 1.165) is 32.5 Å². The van der Waals surface area contributed by atoms with Crippen LogP contribution in [0.1, 0.15) is 19.3 Å². The molecular formula is C10H18N2O. The van der Waals surface area contributed by atoms with Crippen molar-refractivity contribution in [2.24, 2.45) is 11.8 Å². The van der Waals surface area contributed by atoms with Gasteiger partial charge in [0.1, 0.15) is 0 Å². The average Bonchev–Trinajstić information content (AvgIpc) is 2.87. The molecule has 74 valence electrons. The van der Waals surface area contributed by atoms with E-state index in [9.17, 15) is 4.79 Å². The third kappa shape index (κ3) is 2.02. The molecule has 0 spiro atoms. The molecule has 1 aliphatic heterocycles. The molecule has 1 atom stereocenters. The third-order valence-corrected chi connectivity index (χ3v) is 3.02. The lowest BCUT2D eigenvalue weighted by Gasteiger charge is -2.15. The van der Waals surface area contributed by atoms with Crippen LogP contribution in [0.25, 0.3) is 0 Å². The number of carbonyl (C=O) groups is 1. The molecule has 1 amide bonds. The van der Waals surface area contributed by atoms with Crippen LogP contribution in [-0.4, -0.2) is 37.5 Å². The van der Waals surface area contributed by atoms with Crippen LogP contribution in [0.2, 0.25) is 0 Å². The predicted molar refractivity (Wildman–Crippen MR) is 51.3 cm³/mol. The molecule has 1 heterocycles. The Hall–Kier alpha value is -0.570. The smallest absolute Gasteiger partial charge is 0.225 e. The van der Waals surface area contributed by atoms with Gasteiger partial charge in [-0.1, -0.05) is 0 Å². The van der Waals surface area contributed by atoms with Gasteiger partial charge >= 0.3 is 0 Å². The van der Waals surface area contributed by atoms with Crippen molar-refractivity contribution in [1.29, 1.82) is 0 Å². The fourth-order valence-corrected chi connectivity index (χ4v) is 2.08. The molecule has 0 aromatic carbocycles. The van der Waals surface area contributed by atoms with Crippen LogP contribution >= 0.6 is 0 Å². The normalized spacial score (nSPS) is 28.1. The maximum atomic E-state index is 11.7. The van der Waals surface area contributed by atoms with Gasteiger partial charge in [-0.25, -0.2) is 0 Å². The first kappa shape index (κ1) is 9.00. The van der Waals surface area contributed by atoms with Gasteiger partial charge in [-0.3, -0.25) is 4.79 Å². The van der Waals surface area contributed by atoms with Crippen LogP contribution < -0.4 is 5.32 Å². The van der Waals surface area contributed by atoms with Gasteiger partial charge in [0.25, 0.3) is 0 Å². The number of nitrogens with one attached hydrogen (secondary N) is 1. The van der Waals surface area contributed by atoms with Crippen molar-refractivity contribution in [3.05, 3.63) is 0 Å². The highest BCUT2D eigenvalue weighted by molar-refractivity contribution is 5.81. The van der Waals surface area contributed by atoms with Crippen molar-refractivity contribution in [2.45, 2.75) is 19.3 Å². The number of rotatable bonds is 3. The fraction of sp³-hybridized carbons (Fsp3) is 0.900. The second kappa shape index (κ2) is 3.66. The number of likely N-dealkylation sites (tertiary alicyclic amines) is 1. The molecule has 2 fully saturated rings. The van der Waals surface area contributed by atoms with Crippen molar-refractivity contribution in [1.82, 2.24) is 10.2 Å². The van der Waals surface area contributed by atoms with E-state index < -0.39 is 0 Å². The van der Waals surface area contributed by atoms with Crippen molar-refractivity contribution in [2.75, 3.05) is 26.7 Å². The first-order valence-corrected chi connectivity index (χ1v) is 5.24. The molecule has 1 aliphatic carbocycles. The van der Waals surface area contributed by atoms with Crippen LogP contribution in [0, 0.1) is 11.8 Å². The monoisotopic (exact) mass is 182 g/mol. The molecule has 0 bridgehead atoms. The first-order chi connectivity index (χ1) is 6.31. The lowest BCUT2D eigenvalue weighted by Crippen LogP contribution is -2.31. The van der Waals surface area contributed by atoms with E-state index in [1.165, 1.54) is 6.42 Å². The van der Waals surface area contributed by atoms with Crippen LogP contribution in [0.5, 0.6) is 0 Å². The molecule has 3 nitrogen and oxygen atoms in total. The van der Waals surface area contributed by atoms with Gasteiger partial charge in [0.2, 0.25) is 5.91 Å². The standard InChI is InChI=1S/C10H18N2O/c1-11-6-8-4-5-12(7-8)10(13)9-2-3-9/h8-9,11H,2-7H2,1H3. The topological polar surface area (TPSA) is 32.3 Å². The minimum Gasteiger partial charge on any atom is -0.342 e. The molecule has 0 aromatic rings. The molecule has 2 rings (SSSR count). The van der Waals surface area contributed by atoms with Crippen LogP contribution in [0.4, 0.5) is 0 Å². The van der Waals surface area contributed by atoms with Gasteiger partial charge in [0.15, 0.2) is 0 Å². The van der Waals surface area contributed by atoms with E-state index in [1.54, 1.807) is 0 Å². The minimum absolute atomic E-state index is 0.397. The Balaban J connectivity index is 1.79. The van der Waals surface area contributed by atoms with E-state index in [-0.39, 0.29) is 0 Å². The summed E-state index contributed by atoms with van der Waals surface area (Å²) in [5, 5.41) is 3.18. The van der Waals surface area contributed by atoms with Crippen molar-refractivity contribution < 1.29 is 4.79 Å². The summed E-state index contributed by atoms with van der Waals surface area (Å²) in [7, 11) is 1.98. The predicted octanol–water partition coefficient (Wildman–Crippen LogP) is 0.464. The summed E-state index contributed by atoms with van der Waals surface area (Å²) in [6.45, 7) is 3.02. The number of hydrogen-bond acceptors (Lipinski definition) is 2. The van der Waals surface area contributed by atoms with Gasteiger partial charge in [-0.2, -0.15) is 0 Å². The Morgan fingerprint density at radius 1 is 1.46 bits per heavy atom. The Morgan fingerprint density at radius 3 is 2.85 bits per heavy atom. The SMILES string of the molecule is CNCC1CCN(C(=O)C2CC2)C1. The van der Waals surface area contributed by atoms with E-state index in [0.29, 0.717) is 17.7 Å². The highest BCUT2D eigenvalue weighted by atomic mass is 16.2. The summed E-state index contributed by atoms with van der Waals surface area (Å²) in [6, 6.07) is 0. The summed E-state index contributed by atoms with van der Waals surface area (Å²) in [5.41, 5.74) is 0. The molecular weight excluding hydrogens is 164 g/mol. The van der Waals surface area contributed by atoms with Gasteiger partial charge in [0, 0.05) is 19.0 Å². The molecule has 0 aromatic heterocycles. The van der Waals surface area contributed by atoms with Gasteiger partial charge in [-0.05, 0) is 38.8 Å². The van der Waals surface area contributed by atoms with Crippen molar-refractivity contribution >= 4 is 5.91 Å². The molecule has 3 heteroatoms. The zero-order valence-electron chi connectivity index (χ0n) is 8.25. The van der Waals surface area contributed by atoms with Gasteiger partial charge in [-0.15, -0.1) is 0 Å². The quantitative estimate of drug-likeness (QED) is 0.688. The van der Waals surface area contributed by atoms with Crippen LogP contribution in [-0.2, 0) is 4.79 Å². The van der Waals surface area contributed by atoms with E-state index in [2.05, 4.69) is 10.2 Å². The molecule has 1 saturated heterocycles. The highest BCUT2D eigenvalue weighted by Gasteiger charge is 2.36. The van der Waals surface area contributed by atoms with Gasteiger partial charge in [0.05, 0.1) is 0 Å². The second-order valence-electron chi connectivity index (χ2n) is 4.27. The van der Waals surface area contributed by atoms with Crippen molar-refractivity contribution in [3.8, 4) is 0 Å². The second-order valence-corrected chi connectivity index (χ2v) is 4.27. The van der Waals surface area contributed by atoms with Crippen LogP contribution in [0.3, 0.4) is 0 Å². The Kier molecular flexibility index (Phi) is 2.54. The van der Waals surface area contributed by atoms with Crippen LogP contribution in [0.15, 0.2) is 0 Å². The first-order valence-electron chi connectivity index (χ1n) is 5.24. The summed E-state index contributed by atoms with van der Waals surface area (Å²) < 4.78 is 0. The minimum atomic E-state index is 0.397. The Labute approximate surface area is 79.5 Å². The van der Waals surface area contributed by atoms with E-state index in [1.807, 2.05) is 7.05 Å². The van der Waals surface area contributed by atoms with Crippen molar-refractivity contribution in [3.63, 3.8) is 0 Å². The molecule has 2 aliphatic rings. The number of nitrogens with zero attached hydrogens (tertiary/aromatic N) is 1. The number of amides is 1. The number of carbonyl (C=O) groups excluding carboxylic acids is 1. The molecule has 1 unspecified atom stereocenters. The largest absolute Gasteiger partial charge is 0.342 e. The van der Waals surface area contributed by atoms with E-state index in [4.69, 9.17) is 0 Å². The maximum absolute atomic E-state index is 11.7. The van der Waals surface area contributed by atoms with Gasteiger partial charge < -0.3 is 10.2 Å². The fourth-order valence-electron chi connectivity index (χ4n) is 2.08. The molecule has 1 N–H and O–H groups in total. The molecule has 0 radical (unpaired) electrons. The lowest BCUT2D eigenvalue weighted by atomic mass is 10.1. The Morgan fingerprint density at radius 2 is 2.23 bits per heavy atom. The van der Waals surface area contributed by atoms with E-state index >= 15 is 0 Å². The summed E-state index contributed by atoms with van der Waals surface area (Å²) >= 11 is 0. The maximum Gasteiger partial charge on any atom is 0.225 e. The zero-order chi connectivity index (χ0) is 9.26. The Bertz CT molecular complexity index is 201. The number of hydrogen-bond donors (Lipinski definition) is 1. The highest BCUT2D eigenvalue weighted by Crippen LogP contribution is 2.32.